The van der Waals surface area contributed by atoms with Gasteiger partial charge in [-0.15, -0.1) is 16.8 Å². The summed E-state index contributed by atoms with van der Waals surface area (Å²) in [5, 5.41) is 4.60. The van der Waals surface area contributed by atoms with Gasteiger partial charge in [-0.3, -0.25) is 15.8 Å². The van der Waals surface area contributed by atoms with Gasteiger partial charge in [-0.2, -0.15) is 13.2 Å². The number of hydrogen-bond donors (Lipinski definition) is 3. The summed E-state index contributed by atoms with van der Waals surface area (Å²) in [5.41, 5.74) is 5.96. The zero-order valence-electron chi connectivity index (χ0n) is 17.3. The predicted molar refractivity (Wildman–Crippen MR) is 112 cm³/mol. The SMILES string of the molecule is C[C@](N)(OC(=O)C(F)(F)F)C(=O)ON[C@H](/C=C/C(=O)Nc1nccs1)CCc1ccccc1. The maximum absolute atomic E-state index is 12.4. The first-order valence-electron chi connectivity index (χ1n) is 9.46. The molecule has 2 rings (SSSR count). The first-order chi connectivity index (χ1) is 15.5. The van der Waals surface area contributed by atoms with E-state index in [1.165, 1.54) is 29.7 Å². The molecule has 0 aliphatic carbocycles. The highest BCUT2D eigenvalue weighted by molar-refractivity contribution is 7.13. The van der Waals surface area contributed by atoms with Gasteiger partial charge in [0.1, 0.15) is 0 Å². The number of alkyl halides is 3. The predicted octanol–water partition coefficient (Wildman–Crippen LogP) is 2.47. The number of hydrogen-bond acceptors (Lipinski definition) is 9. The third kappa shape index (κ3) is 9.00. The molecule has 0 aliphatic heterocycles. The van der Waals surface area contributed by atoms with Crippen LogP contribution in [0.25, 0.3) is 0 Å². The topological polar surface area (TPSA) is 133 Å². The fourth-order valence-electron chi connectivity index (χ4n) is 2.32. The third-order valence-electron chi connectivity index (χ3n) is 3.97. The van der Waals surface area contributed by atoms with Crippen molar-refractivity contribution in [3.8, 4) is 0 Å². The number of nitrogens with zero attached hydrogens (tertiary/aromatic N) is 1. The first kappa shape index (κ1) is 26.0. The fourth-order valence-corrected chi connectivity index (χ4v) is 2.85. The minimum atomic E-state index is -5.33. The summed E-state index contributed by atoms with van der Waals surface area (Å²) in [4.78, 5) is 43.8. The van der Waals surface area contributed by atoms with E-state index in [1.54, 1.807) is 5.38 Å². The first-order valence-corrected chi connectivity index (χ1v) is 10.3. The second-order valence-corrected chi connectivity index (χ2v) is 7.71. The number of esters is 1. The van der Waals surface area contributed by atoms with Crippen LogP contribution in [0.3, 0.4) is 0 Å². The summed E-state index contributed by atoms with van der Waals surface area (Å²) in [6, 6.07) is 8.53. The van der Waals surface area contributed by atoms with Gasteiger partial charge in [0.05, 0.1) is 6.04 Å². The molecule has 0 spiro atoms. The minimum absolute atomic E-state index is 0.335. The van der Waals surface area contributed by atoms with Gasteiger partial charge in [-0.25, -0.2) is 14.6 Å². The van der Waals surface area contributed by atoms with Gasteiger partial charge in [-0.1, -0.05) is 36.4 Å². The van der Waals surface area contributed by atoms with Crippen molar-refractivity contribution in [3.05, 3.63) is 59.6 Å². The molecule has 0 fully saturated rings. The maximum atomic E-state index is 12.4. The number of rotatable bonds is 10. The number of aryl methyl sites for hydroxylation is 1. The van der Waals surface area contributed by atoms with E-state index < -0.39 is 35.8 Å². The van der Waals surface area contributed by atoms with Crippen molar-refractivity contribution in [2.45, 2.75) is 37.7 Å². The second kappa shape index (κ2) is 11.5. The zero-order chi connectivity index (χ0) is 24.5. The standard InChI is InChI=1S/C20H21F3N4O5S/c1-19(24,31-17(30)20(21,22)23)16(29)32-27-14(8-7-13-5-3-2-4-6-13)9-10-15(28)26-18-25-11-12-33-18/h2-6,9-12,14,27H,7-8,24H2,1H3,(H,25,26,28)/b10-9+/t14-,19-/m0/s1. The van der Waals surface area contributed by atoms with Gasteiger partial charge in [-0.05, 0) is 18.4 Å². The van der Waals surface area contributed by atoms with Crippen LogP contribution in [0.1, 0.15) is 18.9 Å². The molecule has 0 aliphatic rings. The van der Waals surface area contributed by atoms with Crippen LogP contribution >= 0.6 is 11.3 Å². The largest absolute Gasteiger partial charge is 0.491 e. The Labute approximate surface area is 190 Å². The van der Waals surface area contributed by atoms with Crippen LogP contribution in [0.2, 0.25) is 0 Å². The quantitative estimate of drug-likeness (QED) is 0.202. The van der Waals surface area contributed by atoms with E-state index in [0.29, 0.717) is 18.0 Å². The van der Waals surface area contributed by atoms with Gasteiger partial charge in [0.25, 0.3) is 5.72 Å². The van der Waals surface area contributed by atoms with Gasteiger partial charge in [0.2, 0.25) is 5.91 Å². The lowest BCUT2D eigenvalue weighted by Gasteiger charge is -2.24. The average molecular weight is 486 g/mol. The molecule has 2 atom stereocenters. The lowest BCUT2D eigenvalue weighted by atomic mass is 10.1. The number of ether oxygens (including phenoxy) is 1. The molecule has 1 heterocycles. The highest BCUT2D eigenvalue weighted by atomic mass is 32.1. The van der Waals surface area contributed by atoms with Gasteiger partial charge >= 0.3 is 18.1 Å². The third-order valence-corrected chi connectivity index (χ3v) is 4.66. The Balaban J connectivity index is 2.00. The molecule has 0 saturated heterocycles. The summed E-state index contributed by atoms with van der Waals surface area (Å²) >= 11 is 1.22. The molecule has 0 unspecified atom stereocenters. The average Bonchev–Trinajstić information content (AvgIpc) is 3.25. The molecule has 9 nitrogen and oxygen atoms in total. The van der Waals surface area contributed by atoms with E-state index in [9.17, 15) is 27.6 Å². The highest BCUT2D eigenvalue weighted by Gasteiger charge is 2.47. The Hall–Kier alpha value is -3.29. The van der Waals surface area contributed by atoms with Gasteiger partial charge in [0.15, 0.2) is 5.13 Å². The van der Waals surface area contributed by atoms with E-state index in [0.717, 1.165) is 12.5 Å². The number of anilines is 1. The Bertz CT molecular complexity index is 966. The summed E-state index contributed by atoms with van der Waals surface area (Å²) in [6.45, 7) is 0.747. The lowest BCUT2D eigenvalue weighted by molar-refractivity contribution is -0.219. The number of aromatic nitrogens is 1. The monoisotopic (exact) mass is 486 g/mol. The summed E-state index contributed by atoms with van der Waals surface area (Å²) < 4.78 is 41.1. The molecule has 0 radical (unpaired) electrons. The van der Waals surface area contributed by atoms with Gasteiger partial charge < -0.3 is 9.57 Å². The molecule has 13 heteroatoms. The Morgan fingerprint density at radius 1 is 1.21 bits per heavy atom. The summed E-state index contributed by atoms with van der Waals surface area (Å²) in [7, 11) is 0. The number of nitrogens with two attached hydrogens (primary N) is 1. The molecule has 2 aromatic rings. The van der Waals surface area contributed by atoms with E-state index in [-0.39, 0.29) is 0 Å². The van der Waals surface area contributed by atoms with Crippen molar-refractivity contribution >= 4 is 34.3 Å². The van der Waals surface area contributed by atoms with Crippen LogP contribution in [0, 0.1) is 0 Å². The molecular weight excluding hydrogens is 465 g/mol. The number of amides is 1. The smallest absolute Gasteiger partial charge is 0.426 e. The number of hydroxylamine groups is 1. The number of carbonyl (C=O) groups is 3. The van der Waals surface area contributed by atoms with Crippen LogP contribution < -0.4 is 16.5 Å². The van der Waals surface area contributed by atoms with Crippen molar-refractivity contribution in [1.82, 2.24) is 10.5 Å². The number of thiazole rings is 1. The summed E-state index contributed by atoms with van der Waals surface area (Å²) in [6.07, 6.45) is -0.388. The normalized spacial score (nSPS) is 14.3. The molecule has 1 amide bonds. The van der Waals surface area contributed by atoms with Crippen molar-refractivity contribution in [1.29, 1.82) is 0 Å². The Morgan fingerprint density at radius 3 is 2.52 bits per heavy atom. The minimum Gasteiger partial charge on any atom is -0.426 e. The molecule has 1 aromatic carbocycles. The van der Waals surface area contributed by atoms with E-state index >= 15 is 0 Å². The molecular formula is C20H21F3N4O5S. The van der Waals surface area contributed by atoms with Crippen LogP contribution in [0.5, 0.6) is 0 Å². The maximum Gasteiger partial charge on any atom is 0.491 e. The molecule has 178 valence electrons. The van der Waals surface area contributed by atoms with Crippen LogP contribution in [0.15, 0.2) is 54.1 Å². The van der Waals surface area contributed by atoms with E-state index in [1.807, 2.05) is 30.3 Å². The number of benzene rings is 1. The van der Waals surface area contributed by atoms with E-state index in [4.69, 9.17) is 10.6 Å². The molecule has 33 heavy (non-hydrogen) atoms. The van der Waals surface area contributed by atoms with Crippen LogP contribution in [-0.4, -0.2) is 40.8 Å². The van der Waals surface area contributed by atoms with Crippen molar-refractivity contribution in [2.24, 2.45) is 5.73 Å². The molecule has 1 aromatic heterocycles. The Kier molecular flexibility index (Phi) is 9.08. The molecule has 0 bridgehead atoms. The molecule has 4 N–H and O–H groups in total. The molecule has 0 saturated carbocycles. The fraction of sp³-hybridized carbons (Fsp3) is 0.300. The number of carbonyl (C=O) groups excluding carboxylic acids is 3. The van der Waals surface area contributed by atoms with Crippen LogP contribution in [-0.2, 0) is 30.4 Å². The second-order valence-electron chi connectivity index (χ2n) is 6.82. The number of nitrogens with one attached hydrogen (secondary N) is 2. The highest BCUT2D eigenvalue weighted by Crippen LogP contribution is 2.20. The van der Waals surface area contributed by atoms with E-state index in [2.05, 4.69) is 20.5 Å². The van der Waals surface area contributed by atoms with Crippen molar-refractivity contribution < 1.29 is 37.1 Å². The van der Waals surface area contributed by atoms with Gasteiger partial charge in [0, 0.05) is 24.6 Å². The van der Waals surface area contributed by atoms with Crippen LogP contribution in [0.4, 0.5) is 18.3 Å². The summed E-state index contributed by atoms with van der Waals surface area (Å²) in [5.74, 6) is -4.60. The zero-order valence-corrected chi connectivity index (χ0v) is 18.1. The van der Waals surface area contributed by atoms with Crippen molar-refractivity contribution in [2.75, 3.05) is 5.32 Å². The Morgan fingerprint density at radius 2 is 1.91 bits per heavy atom. The lowest BCUT2D eigenvalue weighted by Crippen LogP contribution is -2.53. The number of halogens is 3. The van der Waals surface area contributed by atoms with Crippen molar-refractivity contribution in [3.63, 3.8) is 0 Å².